The number of hydrogen-bond acceptors (Lipinski definition) is 6. The lowest BCUT2D eigenvalue weighted by Crippen LogP contribution is -2.43. The predicted molar refractivity (Wildman–Crippen MR) is 69.5 cm³/mol. The molecule has 7 nitrogen and oxygen atoms in total. The second-order valence-corrected chi connectivity index (χ2v) is 4.27. The fourth-order valence-electron chi connectivity index (χ4n) is 1.51. The van der Waals surface area contributed by atoms with Crippen LogP contribution in [0.2, 0.25) is 0 Å². The van der Waals surface area contributed by atoms with Crippen LogP contribution in [0.1, 0.15) is 13.8 Å². The van der Waals surface area contributed by atoms with E-state index in [1.165, 1.54) is 0 Å². The third-order valence-corrected chi connectivity index (χ3v) is 2.51. The van der Waals surface area contributed by atoms with Crippen molar-refractivity contribution < 1.29 is 9.57 Å². The minimum Gasteiger partial charge on any atom is -0.391 e. The number of nitrogens with two attached hydrogens (primary N) is 1. The van der Waals surface area contributed by atoms with E-state index in [0.717, 1.165) is 0 Å². The Hall–Kier alpha value is -1.60. The van der Waals surface area contributed by atoms with E-state index in [4.69, 9.17) is 21.5 Å². The summed E-state index contributed by atoms with van der Waals surface area (Å²) in [7, 11) is 0. The number of nitrogens with zero attached hydrogens (tertiary/aromatic N) is 1. The molecule has 0 saturated carbocycles. The fourth-order valence-corrected chi connectivity index (χ4v) is 1.51. The van der Waals surface area contributed by atoms with Gasteiger partial charge in [-0.05, 0) is 13.8 Å². The topological polar surface area (TPSA) is 107 Å². The maximum atomic E-state index is 8.10. The summed E-state index contributed by atoms with van der Waals surface area (Å²) in [4.78, 5) is 6.27. The second kappa shape index (κ2) is 6.97. The first-order valence-corrected chi connectivity index (χ1v) is 5.89. The first kappa shape index (κ1) is 14.5. The van der Waals surface area contributed by atoms with E-state index >= 15 is 0 Å². The minimum atomic E-state index is -0.223. The number of nitrogens with one attached hydrogen (secondary N) is 3. The smallest absolute Gasteiger partial charge is 0.242 e. The van der Waals surface area contributed by atoms with Crippen LogP contribution >= 0.6 is 0 Å². The highest BCUT2D eigenvalue weighted by molar-refractivity contribution is 6.18. The molecule has 1 saturated heterocycles. The number of hydrogen-bond donors (Lipinski definition) is 4. The number of ether oxygens (including phenoxy) is 1. The van der Waals surface area contributed by atoms with Gasteiger partial charge < -0.3 is 19.8 Å². The van der Waals surface area contributed by atoms with Crippen LogP contribution in [-0.2, 0) is 9.57 Å². The van der Waals surface area contributed by atoms with Crippen molar-refractivity contribution in [3.05, 3.63) is 11.8 Å². The van der Waals surface area contributed by atoms with Gasteiger partial charge in [-0.2, -0.15) is 5.90 Å². The largest absolute Gasteiger partial charge is 0.391 e. The van der Waals surface area contributed by atoms with Crippen LogP contribution in [0.4, 0.5) is 0 Å². The van der Waals surface area contributed by atoms with Crippen molar-refractivity contribution in [3.63, 3.8) is 0 Å². The van der Waals surface area contributed by atoms with Crippen molar-refractivity contribution >= 4 is 11.7 Å². The molecule has 0 aromatic rings. The van der Waals surface area contributed by atoms with Gasteiger partial charge in [0, 0.05) is 25.3 Å². The van der Waals surface area contributed by atoms with Gasteiger partial charge in [-0.1, -0.05) is 0 Å². The monoisotopic (exact) mass is 255 g/mol. The molecular weight excluding hydrogens is 234 g/mol. The quantitative estimate of drug-likeness (QED) is 0.322. The van der Waals surface area contributed by atoms with E-state index in [1.54, 1.807) is 6.20 Å². The van der Waals surface area contributed by atoms with E-state index in [0.29, 0.717) is 31.9 Å². The molecular formula is C11H21N5O2. The van der Waals surface area contributed by atoms with Gasteiger partial charge in [0.25, 0.3) is 0 Å². The van der Waals surface area contributed by atoms with E-state index in [9.17, 15) is 0 Å². The molecule has 1 aliphatic heterocycles. The van der Waals surface area contributed by atoms with E-state index in [-0.39, 0.29) is 17.8 Å². The molecule has 1 fully saturated rings. The third kappa shape index (κ3) is 4.01. The van der Waals surface area contributed by atoms with E-state index in [1.807, 2.05) is 18.7 Å². The molecule has 0 spiro atoms. The molecule has 18 heavy (non-hydrogen) atoms. The summed E-state index contributed by atoms with van der Waals surface area (Å²) in [6.45, 7) is 6.39. The van der Waals surface area contributed by atoms with Crippen molar-refractivity contribution in [3.8, 4) is 0 Å². The number of morpholine rings is 1. The first-order valence-electron chi connectivity index (χ1n) is 5.89. The SMILES string of the molecule is CC(C)N/C=C(/C(=N)ON)C(=N)N1CCOCC1. The van der Waals surface area contributed by atoms with Gasteiger partial charge in [0.1, 0.15) is 5.84 Å². The molecule has 0 aromatic heterocycles. The molecule has 0 radical (unpaired) electrons. The molecule has 0 aromatic carbocycles. The fraction of sp³-hybridized carbons (Fsp3) is 0.636. The normalized spacial score (nSPS) is 16.7. The highest BCUT2D eigenvalue weighted by Crippen LogP contribution is 2.07. The predicted octanol–water partition coefficient (Wildman–Crippen LogP) is 0.0453. The van der Waals surface area contributed by atoms with Crippen LogP contribution in [0, 0.1) is 10.8 Å². The molecule has 102 valence electrons. The lowest BCUT2D eigenvalue weighted by Gasteiger charge is -2.29. The Balaban J connectivity index is 2.77. The highest BCUT2D eigenvalue weighted by Gasteiger charge is 2.21. The molecule has 1 heterocycles. The Morgan fingerprint density at radius 3 is 2.50 bits per heavy atom. The Morgan fingerprint density at radius 2 is 2.00 bits per heavy atom. The molecule has 0 atom stereocenters. The van der Waals surface area contributed by atoms with Gasteiger partial charge in [0.2, 0.25) is 5.90 Å². The Kier molecular flexibility index (Phi) is 5.60. The summed E-state index contributed by atoms with van der Waals surface area (Å²) < 4.78 is 5.23. The minimum absolute atomic E-state index is 0.211. The van der Waals surface area contributed by atoms with Gasteiger partial charge in [-0.15, -0.1) is 0 Å². The zero-order chi connectivity index (χ0) is 13.5. The first-order chi connectivity index (χ1) is 8.56. The Bertz CT molecular complexity index is 334. The lowest BCUT2D eigenvalue weighted by atomic mass is 10.2. The van der Waals surface area contributed by atoms with Crippen LogP contribution in [0.15, 0.2) is 11.8 Å². The van der Waals surface area contributed by atoms with Crippen LogP contribution in [0.5, 0.6) is 0 Å². The molecule has 1 rings (SSSR count). The van der Waals surface area contributed by atoms with Crippen LogP contribution in [0.3, 0.4) is 0 Å². The van der Waals surface area contributed by atoms with E-state index < -0.39 is 0 Å². The van der Waals surface area contributed by atoms with E-state index in [2.05, 4.69) is 10.2 Å². The van der Waals surface area contributed by atoms with Crippen molar-refractivity contribution in [1.82, 2.24) is 10.2 Å². The zero-order valence-electron chi connectivity index (χ0n) is 10.8. The molecule has 1 aliphatic rings. The van der Waals surface area contributed by atoms with Crippen LogP contribution in [0.25, 0.3) is 0 Å². The summed E-state index contributed by atoms with van der Waals surface area (Å²) in [5, 5.41) is 18.8. The standard InChI is InChI=1S/C11H21N5O2/c1-8(2)15-7-9(11(13)18-14)10(12)16-3-5-17-6-4-16/h7-8,12-13,15H,3-6,14H2,1-2H3/b9-7+,12-10?,13-11?. The van der Waals surface area contributed by atoms with Crippen molar-refractivity contribution in [1.29, 1.82) is 10.8 Å². The summed E-state index contributed by atoms with van der Waals surface area (Å²) >= 11 is 0. The maximum Gasteiger partial charge on any atom is 0.242 e. The summed E-state index contributed by atoms with van der Waals surface area (Å²) in [5.41, 5.74) is 0.341. The lowest BCUT2D eigenvalue weighted by molar-refractivity contribution is 0.0679. The molecule has 0 unspecified atom stereocenters. The van der Waals surface area contributed by atoms with Gasteiger partial charge in [0.15, 0.2) is 0 Å². The maximum absolute atomic E-state index is 8.10. The summed E-state index contributed by atoms with van der Waals surface area (Å²) in [6, 6.07) is 0.211. The van der Waals surface area contributed by atoms with Crippen LogP contribution in [-0.4, -0.2) is 49.0 Å². The van der Waals surface area contributed by atoms with Crippen molar-refractivity contribution in [2.45, 2.75) is 19.9 Å². The molecule has 5 N–H and O–H groups in total. The number of amidine groups is 1. The molecule has 0 amide bonds. The molecule has 0 aliphatic carbocycles. The Labute approximate surface area is 107 Å². The average Bonchev–Trinajstić information content (AvgIpc) is 2.39. The van der Waals surface area contributed by atoms with Gasteiger partial charge >= 0.3 is 0 Å². The van der Waals surface area contributed by atoms with Gasteiger partial charge in [-0.3, -0.25) is 10.8 Å². The zero-order valence-corrected chi connectivity index (χ0v) is 10.8. The summed E-state index contributed by atoms with van der Waals surface area (Å²) in [6.07, 6.45) is 1.59. The van der Waals surface area contributed by atoms with Crippen LogP contribution < -0.4 is 11.2 Å². The molecule has 0 bridgehead atoms. The molecule has 7 heteroatoms. The van der Waals surface area contributed by atoms with Gasteiger partial charge in [0.05, 0.1) is 18.8 Å². The second-order valence-electron chi connectivity index (χ2n) is 4.27. The summed E-state index contributed by atoms with van der Waals surface area (Å²) in [5.74, 6) is 5.02. The number of rotatable bonds is 4. The average molecular weight is 255 g/mol. The Morgan fingerprint density at radius 1 is 1.39 bits per heavy atom. The van der Waals surface area contributed by atoms with Gasteiger partial charge in [-0.25, -0.2) is 0 Å². The highest BCUT2D eigenvalue weighted by atomic mass is 16.6. The van der Waals surface area contributed by atoms with Crippen molar-refractivity contribution in [2.75, 3.05) is 26.3 Å². The van der Waals surface area contributed by atoms with Crippen molar-refractivity contribution in [2.24, 2.45) is 5.90 Å². The third-order valence-electron chi connectivity index (χ3n) is 2.51.